The van der Waals surface area contributed by atoms with Crippen LogP contribution in [0.2, 0.25) is 0 Å². The molecule has 4 nitrogen and oxygen atoms in total. The van der Waals surface area contributed by atoms with Crippen LogP contribution in [0.4, 0.5) is 0 Å². The standard InChI is InChI=1S/C16H23NO3/c1-3-4-10-20-15-7-5-14(6-8-15)16(18)17-9-11-19-13(2)12-17/h5-8,13H,3-4,9-12H2,1-2H3. The van der Waals surface area contributed by atoms with E-state index in [0.717, 1.165) is 25.2 Å². The quantitative estimate of drug-likeness (QED) is 0.777. The van der Waals surface area contributed by atoms with E-state index >= 15 is 0 Å². The van der Waals surface area contributed by atoms with Crippen LogP contribution in [-0.4, -0.2) is 43.2 Å². The molecule has 110 valence electrons. The Hall–Kier alpha value is -1.55. The van der Waals surface area contributed by atoms with Crippen molar-refractivity contribution >= 4 is 5.91 Å². The van der Waals surface area contributed by atoms with Gasteiger partial charge in [-0.3, -0.25) is 4.79 Å². The summed E-state index contributed by atoms with van der Waals surface area (Å²) in [5.41, 5.74) is 0.710. The highest BCUT2D eigenvalue weighted by atomic mass is 16.5. The number of carbonyl (C=O) groups excluding carboxylic acids is 1. The van der Waals surface area contributed by atoms with E-state index in [1.165, 1.54) is 0 Å². The van der Waals surface area contributed by atoms with Gasteiger partial charge in [-0.05, 0) is 37.6 Å². The second kappa shape index (κ2) is 7.29. The van der Waals surface area contributed by atoms with E-state index in [2.05, 4.69) is 6.92 Å². The molecule has 0 saturated carbocycles. The van der Waals surface area contributed by atoms with Crippen LogP contribution in [0.25, 0.3) is 0 Å². The molecule has 20 heavy (non-hydrogen) atoms. The van der Waals surface area contributed by atoms with E-state index in [0.29, 0.717) is 25.3 Å². The number of hydrogen-bond donors (Lipinski definition) is 0. The zero-order chi connectivity index (χ0) is 14.4. The van der Waals surface area contributed by atoms with Crippen LogP contribution in [0.3, 0.4) is 0 Å². The van der Waals surface area contributed by atoms with Gasteiger partial charge in [-0.15, -0.1) is 0 Å². The fourth-order valence-electron chi connectivity index (χ4n) is 2.21. The van der Waals surface area contributed by atoms with Crippen LogP contribution in [0.5, 0.6) is 5.75 Å². The van der Waals surface area contributed by atoms with E-state index in [-0.39, 0.29) is 12.0 Å². The van der Waals surface area contributed by atoms with E-state index in [1.54, 1.807) is 0 Å². The zero-order valence-electron chi connectivity index (χ0n) is 12.3. The number of benzene rings is 1. The van der Waals surface area contributed by atoms with Crippen molar-refractivity contribution in [1.82, 2.24) is 4.90 Å². The van der Waals surface area contributed by atoms with Crippen molar-refractivity contribution in [3.8, 4) is 5.75 Å². The van der Waals surface area contributed by atoms with E-state index in [4.69, 9.17) is 9.47 Å². The number of ether oxygens (including phenoxy) is 2. The Morgan fingerprint density at radius 2 is 2.15 bits per heavy atom. The summed E-state index contributed by atoms with van der Waals surface area (Å²) in [4.78, 5) is 14.2. The number of rotatable bonds is 5. The molecule has 1 unspecified atom stereocenters. The fraction of sp³-hybridized carbons (Fsp3) is 0.562. The summed E-state index contributed by atoms with van der Waals surface area (Å²) in [6.45, 7) is 6.79. The molecule has 0 bridgehead atoms. The van der Waals surface area contributed by atoms with Crippen molar-refractivity contribution < 1.29 is 14.3 Å². The summed E-state index contributed by atoms with van der Waals surface area (Å²) < 4.78 is 11.1. The summed E-state index contributed by atoms with van der Waals surface area (Å²) in [5.74, 6) is 0.894. The first-order valence-electron chi connectivity index (χ1n) is 7.34. The smallest absolute Gasteiger partial charge is 0.254 e. The van der Waals surface area contributed by atoms with Crippen LogP contribution < -0.4 is 4.74 Å². The van der Waals surface area contributed by atoms with E-state index in [9.17, 15) is 4.79 Å². The van der Waals surface area contributed by atoms with Crippen LogP contribution >= 0.6 is 0 Å². The minimum atomic E-state index is 0.0697. The molecule has 2 rings (SSSR count). The summed E-state index contributed by atoms with van der Waals surface area (Å²) in [7, 11) is 0. The van der Waals surface area contributed by atoms with Crippen LogP contribution in [0.15, 0.2) is 24.3 Å². The molecule has 1 aliphatic heterocycles. The highest BCUT2D eigenvalue weighted by molar-refractivity contribution is 5.94. The average Bonchev–Trinajstić information content (AvgIpc) is 2.47. The van der Waals surface area contributed by atoms with E-state index < -0.39 is 0 Å². The van der Waals surface area contributed by atoms with Crippen molar-refractivity contribution in [2.75, 3.05) is 26.3 Å². The second-order valence-corrected chi connectivity index (χ2v) is 5.16. The fourth-order valence-corrected chi connectivity index (χ4v) is 2.21. The number of carbonyl (C=O) groups is 1. The highest BCUT2D eigenvalue weighted by Gasteiger charge is 2.22. The minimum Gasteiger partial charge on any atom is -0.494 e. The van der Waals surface area contributed by atoms with Gasteiger partial charge in [0.1, 0.15) is 5.75 Å². The summed E-state index contributed by atoms with van der Waals surface area (Å²) in [5, 5.41) is 0. The van der Waals surface area contributed by atoms with Gasteiger partial charge in [0.05, 0.1) is 19.3 Å². The lowest BCUT2D eigenvalue weighted by atomic mass is 10.1. The first kappa shape index (κ1) is 14.9. The third-order valence-corrected chi connectivity index (χ3v) is 3.40. The predicted molar refractivity (Wildman–Crippen MR) is 78.2 cm³/mol. The third-order valence-electron chi connectivity index (χ3n) is 3.40. The Bertz CT molecular complexity index is 430. The lowest BCUT2D eigenvalue weighted by molar-refractivity contribution is -0.0124. The molecule has 0 aromatic heterocycles. The lowest BCUT2D eigenvalue weighted by Gasteiger charge is -2.31. The minimum absolute atomic E-state index is 0.0697. The first-order chi connectivity index (χ1) is 9.70. The first-order valence-corrected chi connectivity index (χ1v) is 7.34. The maximum absolute atomic E-state index is 12.3. The summed E-state index contributed by atoms with van der Waals surface area (Å²) in [6, 6.07) is 7.41. The monoisotopic (exact) mass is 277 g/mol. The molecule has 1 atom stereocenters. The number of morpholine rings is 1. The van der Waals surface area contributed by atoms with Crippen molar-refractivity contribution in [3.05, 3.63) is 29.8 Å². The van der Waals surface area contributed by atoms with Crippen molar-refractivity contribution in [3.63, 3.8) is 0 Å². The van der Waals surface area contributed by atoms with Crippen molar-refractivity contribution in [2.45, 2.75) is 32.8 Å². The maximum atomic E-state index is 12.3. The zero-order valence-corrected chi connectivity index (χ0v) is 12.3. The van der Waals surface area contributed by atoms with Crippen LogP contribution in [0, 0.1) is 0 Å². The van der Waals surface area contributed by atoms with Gasteiger partial charge in [0.25, 0.3) is 5.91 Å². The van der Waals surface area contributed by atoms with Gasteiger partial charge in [0.15, 0.2) is 0 Å². The van der Waals surface area contributed by atoms with Crippen LogP contribution in [0.1, 0.15) is 37.0 Å². The largest absolute Gasteiger partial charge is 0.494 e. The molecule has 0 N–H and O–H groups in total. The van der Waals surface area contributed by atoms with Gasteiger partial charge in [0.2, 0.25) is 0 Å². The molecule has 1 fully saturated rings. The number of amides is 1. The average molecular weight is 277 g/mol. The van der Waals surface area contributed by atoms with E-state index in [1.807, 2.05) is 36.1 Å². The Labute approximate surface area is 120 Å². The SMILES string of the molecule is CCCCOc1ccc(C(=O)N2CCOC(C)C2)cc1. The van der Waals surface area contributed by atoms with Gasteiger partial charge >= 0.3 is 0 Å². The molecular formula is C16H23NO3. The molecular weight excluding hydrogens is 254 g/mol. The Kier molecular flexibility index (Phi) is 5.41. The maximum Gasteiger partial charge on any atom is 0.254 e. The normalized spacial score (nSPS) is 18.9. The molecule has 1 aromatic carbocycles. The highest BCUT2D eigenvalue weighted by Crippen LogP contribution is 2.15. The molecule has 1 heterocycles. The van der Waals surface area contributed by atoms with Gasteiger partial charge in [-0.2, -0.15) is 0 Å². The lowest BCUT2D eigenvalue weighted by Crippen LogP contribution is -2.44. The second-order valence-electron chi connectivity index (χ2n) is 5.16. The Balaban J connectivity index is 1.93. The van der Waals surface area contributed by atoms with Crippen molar-refractivity contribution in [1.29, 1.82) is 0 Å². The molecule has 4 heteroatoms. The molecule has 1 aliphatic rings. The summed E-state index contributed by atoms with van der Waals surface area (Å²) >= 11 is 0. The molecule has 1 amide bonds. The number of hydrogen-bond acceptors (Lipinski definition) is 3. The Morgan fingerprint density at radius 1 is 1.40 bits per heavy atom. The van der Waals surface area contributed by atoms with Gasteiger partial charge in [-0.1, -0.05) is 13.3 Å². The van der Waals surface area contributed by atoms with Crippen LogP contribution in [-0.2, 0) is 4.74 Å². The third kappa shape index (κ3) is 3.97. The van der Waals surface area contributed by atoms with Gasteiger partial charge in [-0.25, -0.2) is 0 Å². The Morgan fingerprint density at radius 3 is 2.80 bits per heavy atom. The number of unbranched alkanes of at least 4 members (excludes halogenated alkanes) is 1. The molecule has 0 spiro atoms. The predicted octanol–water partition coefficient (Wildman–Crippen LogP) is 2.73. The van der Waals surface area contributed by atoms with Crippen molar-refractivity contribution in [2.24, 2.45) is 0 Å². The molecule has 1 saturated heterocycles. The van der Waals surface area contributed by atoms with Gasteiger partial charge < -0.3 is 14.4 Å². The number of nitrogens with zero attached hydrogens (tertiary/aromatic N) is 1. The molecule has 1 aromatic rings. The molecule has 0 radical (unpaired) electrons. The molecule has 0 aliphatic carbocycles. The summed E-state index contributed by atoms with van der Waals surface area (Å²) in [6.07, 6.45) is 2.28. The van der Waals surface area contributed by atoms with Gasteiger partial charge in [0, 0.05) is 18.7 Å². The topological polar surface area (TPSA) is 38.8 Å².